The van der Waals surface area contributed by atoms with Crippen molar-refractivity contribution >= 4 is 23.4 Å². The number of amides is 2. The quantitative estimate of drug-likeness (QED) is 0.275. The van der Waals surface area contributed by atoms with E-state index < -0.39 is 10.8 Å². The molecule has 2 fully saturated rings. The van der Waals surface area contributed by atoms with Crippen molar-refractivity contribution in [1.29, 1.82) is 0 Å². The van der Waals surface area contributed by atoms with Gasteiger partial charge in [-0.15, -0.1) is 0 Å². The first-order valence-corrected chi connectivity index (χ1v) is 14.9. The third-order valence-electron chi connectivity index (χ3n) is 8.79. The fourth-order valence-electron chi connectivity index (χ4n) is 6.54. The number of hydrogen-bond acceptors (Lipinski definition) is 3. The number of hydrogen-bond donors (Lipinski definition) is 0. The van der Waals surface area contributed by atoms with Crippen molar-refractivity contribution in [2.24, 2.45) is 5.41 Å². The van der Waals surface area contributed by atoms with Crippen LogP contribution in [0.25, 0.3) is 0 Å². The lowest BCUT2D eigenvalue weighted by Gasteiger charge is -2.45. The molecule has 0 radical (unpaired) electrons. The van der Waals surface area contributed by atoms with E-state index in [0.29, 0.717) is 37.0 Å². The highest BCUT2D eigenvalue weighted by Gasteiger charge is 2.48. The highest BCUT2D eigenvalue weighted by atomic mass is 35.5. The van der Waals surface area contributed by atoms with Crippen LogP contribution in [-0.4, -0.2) is 48.4 Å². The molecule has 7 heteroatoms. The first-order valence-electron chi connectivity index (χ1n) is 14.5. The Kier molecular flexibility index (Phi) is 8.98. The second kappa shape index (κ2) is 12.6. The maximum atomic E-state index is 14.3. The largest absolute Gasteiger partial charge is 0.493 e. The number of likely N-dealkylation sites (tertiary alicyclic amines) is 1. The maximum Gasteiger partial charge on any atom is 0.233 e. The molecule has 0 spiro atoms. The Morgan fingerprint density at radius 2 is 1.61 bits per heavy atom. The summed E-state index contributed by atoms with van der Waals surface area (Å²) in [5.74, 6) is 0.490. The number of benzene rings is 3. The molecule has 216 valence electrons. The van der Waals surface area contributed by atoms with E-state index in [1.807, 2.05) is 54.4 Å². The molecule has 1 aliphatic heterocycles. The molecule has 0 bridgehead atoms. The first kappa shape index (κ1) is 29.1. The monoisotopic (exact) mass is 576 g/mol. The Balaban J connectivity index is 1.38. The maximum absolute atomic E-state index is 14.3. The van der Waals surface area contributed by atoms with Crippen LogP contribution in [-0.2, 0) is 21.5 Å². The summed E-state index contributed by atoms with van der Waals surface area (Å²) < 4.78 is 20.0. The van der Waals surface area contributed by atoms with Gasteiger partial charge >= 0.3 is 0 Å². The molecule has 3 aromatic carbocycles. The van der Waals surface area contributed by atoms with Crippen LogP contribution in [0.2, 0.25) is 5.02 Å². The van der Waals surface area contributed by atoms with Crippen LogP contribution in [0.5, 0.6) is 5.75 Å². The van der Waals surface area contributed by atoms with Gasteiger partial charge in [-0.2, -0.15) is 0 Å². The smallest absolute Gasteiger partial charge is 0.233 e. The fraction of sp³-hybridized carbons (Fsp3) is 0.412. The summed E-state index contributed by atoms with van der Waals surface area (Å²) in [6, 6.07) is 23.6. The van der Waals surface area contributed by atoms with E-state index >= 15 is 0 Å². The van der Waals surface area contributed by atoms with Crippen molar-refractivity contribution in [2.45, 2.75) is 56.9 Å². The molecule has 1 heterocycles. The van der Waals surface area contributed by atoms with E-state index in [9.17, 15) is 14.0 Å². The molecule has 2 amide bonds. The molecule has 1 unspecified atom stereocenters. The third-order valence-corrected chi connectivity index (χ3v) is 9.04. The number of carbonyl (C=O) groups is 2. The second-order valence-corrected chi connectivity index (χ2v) is 12.2. The fourth-order valence-corrected chi connectivity index (χ4v) is 6.66. The predicted octanol–water partition coefficient (Wildman–Crippen LogP) is 7.03. The van der Waals surface area contributed by atoms with Gasteiger partial charge in [0.1, 0.15) is 11.6 Å². The summed E-state index contributed by atoms with van der Waals surface area (Å²) in [5.41, 5.74) is 0.756. The highest BCUT2D eigenvalue weighted by molar-refractivity contribution is 6.30. The number of ether oxygens (including phenoxy) is 1. The average molecular weight is 577 g/mol. The van der Waals surface area contributed by atoms with Gasteiger partial charge in [-0.3, -0.25) is 9.59 Å². The van der Waals surface area contributed by atoms with E-state index in [1.165, 1.54) is 12.1 Å². The van der Waals surface area contributed by atoms with Gasteiger partial charge in [0.25, 0.3) is 0 Å². The molecular formula is C34H38ClFN2O3. The van der Waals surface area contributed by atoms with E-state index in [2.05, 4.69) is 0 Å². The van der Waals surface area contributed by atoms with Crippen LogP contribution in [0.15, 0.2) is 78.9 Å². The number of carbonyl (C=O) groups excluding carboxylic acids is 2. The third kappa shape index (κ3) is 6.75. The van der Waals surface area contributed by atoms with E-state index in [0.717, 1.165) is 49.7 Å². The molecule has 1 atom stereocenters. The lowest BCUT2D eigenvalue weighted by Crippen LogP contribution is -2.55. The summed E-state index contributed by atoms with van der Waals surface area (Å²) in [7, 11) is 1.83. The summed E-state index contributed by atoms with van der Waals surface area (Å²) in [4.78, 5) is 31.7. The molecule has 5 nitrogen and oxygen atoms in total. The highest BCUT2D eigenvalue weighted by Crippen LogP contribution is 2.45. The normalized spacial score (nSPS) is 20.0. The molecule has 2 aliphatic rings. The molecule has 41 heavy (non-hydrogen) atoms. The van der Waals surface area contributed by atoms with Crippen LogP contribution in [0.3, 0.4) is 0 Å². The van der Waals surface area contributed by atoms with Crippen molar-refractivity contribution in [1.82, 2.24) is 9.80 Å². The van der Waals surface area contributed by atoms with Crippen molar-refractivity contribution in [3.8, 4) is 5.75 Å². The van der Waals surface area contributed by atoms with Gasteiger partial charge in [0.15, 0.2) is 0 Å². The molecule has 1 saturated carbocycles. The molecule has 5 rings (SSSR count). The SMILES string of the molecule is CN(Cc1ccccc1)C(=O)CC1(COc2ccc(Cl)cc2)CCCN(C(=O)C2(c3ccc(F)cc3)CCCC2)C1. The standard InChI is InChI=1S/C34H38ClFN2O3/c1-37(23-26-8-3-2-4-9-26)31(39)22-33(25-41-30-16-12-28(35)13-17-30)18-7-21-38(24-33)32(40)34(19-5-6-20-34)27-10-14-29(36)15-11-27/h2-4,8-17H,5-7,18-25H2,1H3. The lowest BCUT2D eigenvalue weighted by atomic mass is 9.74. The van der Waals surface area contributed by atoms with Crippen molar-refractivity contribution < 1.29 is 18.7 Å². The van der Waals surface area contributed by atoms with Gasteiger partial charge in [0, 0.05) is 43.5 Å². The van der Waals surface area contributed by atoms with Crippen LogP contribution >= 0.6 is 11.6 Å². The van der Waals surface area contributed by atoms with Gasteiger partial charge in [0.2, 0.25) is 11.8 Å². The molecule has 1 aliphatic carbocycles. The number of halogens is 2. The average Bonchev–Trinajstić information content (AvgIpc) is 3.49. The van der Waals surface area contributed by atoms with Crippen molar-refractivity contribution in [3.05, 3.63) is 101 Å². The van der Waals surface area contributed by atoms with Crippen LogP contribution in [0, 0.1) is 11.2 Å². The lowest BCUT2D eigenvalue weighted by molar-refractivity contribution is -0.145. The predicted molar refractivity (Wildman–Crippen MR) is 159 cm³/mol. The minimum atomic E-state index is -0.651. The van der Waals surface area contributed by atoms with Crippen molar-refractivity contribution in [2.75, 3.05) is 26.7 Å². The summed E-state index contributed by atoms with van der Waals surface area (Å²) >= 11 is 6.08. The molecule has 0 N–H and O–H groups in total. The number of piperidine rings is 1. The summed E-state index contributed by atoms with van der Waals surface area (Å²) in [6.45, 7) is 1.91. The van der Waals surface area contributed by atoms with Crippen molar-refractivity contribution in [3.63, 3.8) is 0 Å². The Hall–Kier alpha value is -3.38. The first-order chi connectivity index (χ1) is 19.8. The topological polar surface area (TPSA) is 49.9 Å². The Morgan fingerprint density at radius 1 is 0.927 bits per heavy atom. The zero-order valence-corrected chi connectivity index (χ0v) is 24.4. The van der Waals surface area contributed by atoms with Gasteiger partial charge in [-0.25, -0.2) is 4.39 Å². The second-order valence-electron chi connectivity index (χ2n) is 11.8. The van der Waals surface area contributed by atoms with E-state index in [1.54, 1.807) is 29.2 Å². The Bertz CT molecular complexity index is 1330. The van der Waals surface area contributed by atoms with Gasteiger partial charge in [0.05, 0.1) is 12.0 Å². The van der Waals surface area contributed by atoms with Crippen LogP contribution in [0.1, 0.15) is 56.1 Å². The zero-order chi connectivity index (χ0) is 28.9. The number of rotatable bonds is 9. The minimum absolute atomic E-state index is 0.0250. The van der Waals surface area contributed by atoms with Gasteiger partial charge < -0.3 is 14.5 Å². The van der Waals surface area contributed by atoms with E-state index in [4.69, 9.17) is 16.3 Å². The number of nitrogens with zero attached hydrogens (tertiary/aromatic N) is 2. The van der Waals surface area contributed by atoms with Gasteiger partial charge in [-0.1, -0.05) is 66.9 Å². The minimum Gasteiger partial charge on any atom is -0.493 e. The Labute approximate surface area is 247 Å². The van der Waals surface area contributed by atoms with Crippen LogP contribution < -0.4 is 4.74 Å². The molecule has 3 aromatic rings. The van der Waals surface area contributed by atoms with Crippen LogP contribution in [0.4, 0.5) is 4.39 Å². The summed E-state index contributed by atoms with van der Waals surface area (Å²) in [5, 5.41) is 0.627. The molecule has 1 saturated heterocycles. The van der Waals surface area contributed by atoms with E-state index in [-0.39, 0.29) is 24.1 Å². The zero-order valence-electron chi connectivity index (χ0n) is 23.7. The Morgan fingerprint density at radius 3 is 2.29 bits per heavy atom. The molecule has 0 aromatic heterocycles. The van der Waals surface area contributed by atoms with Gasteiger partial charge in [-0.05, 0) is 73.2 Å². The summed E-state index contributed by atoms with van der Waals surface area (Å²) in [6.07, 6.45) is 5.26. The molecular weight excluding hydrogens is 539 g/mol.